The second-order valence-corrected chi connectivity index (χ2v) is 19.4. The summed E-state index contributed by atoms with van der Waals surface area (Å²) in [7, 11) is 0. The molecule has 0 heterocycles. The molecule has 1 saturated carbocycles. The third-order valence-electron chi connectivity index (χ3n) is 14.7. The number of allylic oxidation sites excluding steroid dienone is 10. The Labute approximate surface area is 336 Å². The lowest BCUT2D eigenvalue weighted by Gasteiger charge is -2.35. The van der Waals surface area contributed by atoms with Gasteiger partial charge in [-0.1, -0.05) is 187 Å². The lowest BCUT2D eigenvalue weighted by atomic mass is 9.70. The van der Waals surface area contributed by atoms with Gasteiger partial charge in [-0.2, -0.15) is 0 Å². The average molecular weight is 733 g/mol. The largest absolute Gasteiger partial charge is 0.0952 e. The van der Waals surface area contributed by atoms with Crippen LogP contribution in [0.4, 0.5) is 0 Å². The molecule has 3 aliphatic carbocycles. The number of benzene rings is 1. The average Bonchev–Trinajstić information content (AvgIpc) is 3.52. The maximum atomic E-state index is 4.69. The van der Waals surface area contributed by atoms with Crippen molar-refractivity contribution in [3.05, 3.63) is 100 Å². The van der Waals surface area contributed by atoms with Crippen LogP contribution in [0, 0.1) is 35.0 Å². The van der Waals surface area contributed by atoms with Crippen molar-refractivity contribution in [2.45, 2.75) is 197 Å². The van der Waals surface area contributed by atoms with Crippen molar-refractivity contribution in [3.63, 3.8) is 0 Å². The molecule has 0 spiro atoms. The van der Waals surface area contributed by atoms with Crippen molar-refractivity contribution in [1.29, 1.82) is 0 Å². The summed E-state index contributed by atoms with van der Waals surface area (Å²) in [5, 5.41) is 0. The highest BCUT2D eigenvalue weighted by molar-refractivity contribution is 5.64. The van der Waals surface area contributed by atoms with Gasteiger partial charge in [0.05, 0.1) is 0 Å². The van der Waals surface area contributed by atoms with Crippen molar-refractivity contribution in [1.82, 2.24) is 0 Å². The Bertz CT molecular complexity index is 1470. The van der Waals surface area contributed by atoms with E-state index in [-0.39, 0.29) is 0 Å². The molecule has 0 bridgehead atoms. The standard InChI is InChI=1S/C54H84/c1-12-16-17-18-19-21-43(13-2)26-24-39(5)46-22-20-23-47(35-46)53(33-31-45-29-27-44(14-3)28-30-45)42(8)52(15-4)50-34-41(7)48(37-50)36-49-38-51(54(9,10)11)32-25-40(49)6/h15,20,22-23,35-37,42-45,51,53H,5,7,12-14,16-19,21,24-34,38H2,1-4,6,8-11H3/b48-36-,52-15?/t42-,43?,44?,45?,51-,53-/m0/s1. The highest BCUT2D eigenvalue weighted by Crippen LogP contribution is 2.46. The van der Waals surface area contributed by atoms with E-state index in [9.17, 15) is 0 Å². The number of rotatable bonds is 20. The van der Waals surface area contributed by atoms with Gasteiger partial charge in [0.2, 0.25) is 0 Å². The van der Waals surface area contributed by atoms with Crippen LogP contribution in [-0.4, -0.2) is 0 Å². The molecular formula is C54H84. The van der Waals surface area contributed by atoms with Gasteiger partial charge in [0.15, 0.2) is 0 Å². The number of unbranched alkanes of at least 4 members (excludes halogenated alkanes) is 4. The molecule has 0 N–H and O–H groups in total. The van der Waals surface area contributed by atoms with Crippen LogP contribution >= 0.6 is 0 Å². The Morgan fingerprint density at radius 1 is 0.926 bits per heavy atom. The predicted octanol–water partition coefficient (Wildman–Crippen LogP) is 17.5. The van der Waals surface area contributed by atoms with E-state index in [1.54, 1.807) is 11.1 Å². The SMILES string of the molecule is C=C1CC(C(=CC)[C@H](C)[C@H](CCC2CCC(CC)CC2)c2cccc(C(=C)CCC(CC)CCCCCCC)c2)=C/C1=C/C1=C(C)CC[C@H](C(C)(C)C)C1. The minimum absolute atomic E-state index is 0.352. The van der Waals surface area contributed by atoms with Gasteiger partial charge in [0.1, 0.15) is 0 Å². The molecule has 4 atom stereocenters. The maximum absolute atomic E-state index is 4.69. The monoisotopic (exact) mass is 733 g/mol. The lowest BCUT2D eigenvalue weighted by molar-refractivity contribution is 0.217. The summed E-state index contributed by atoms with van der Waals surface area (Å²) < 4.78 is 0. The molecule has 0 aromatic heterocycles. The Morgan fingerprint density at radius 2 is 1.65 bits per heavy atom. The molecule has 0 heteroatoms. The lowest BCUT2D eigenvalue weighted by Crippen LogP contribution is -2.23. The first kappa shape index (κ1) is 44.4. The van der Waals surface area contributed by atoms with E-state index >= 15 is 0 Å². The van der Waals surface area contributed by atoms with Gasteiger partial charge in [0, 0.05) is 0 Å². The van der Waals surface area contributed by atoms with Gasteiger partial charge < -0.3 is 0 Å². The van der Waals surface area contributed by atoms with Gasteiger partial charge in [0.25, 0.3) is 0 Å². The minimum atomic E-state index is 0.352. The van der Waals surface area contributed by atoms with Crippen LogP contribution in [-0.2, 0) is 0 Å². The Balaban J connectivity index is 1.54. The molecule has 0 radical (unpaired) electrons. The van der Waals surface area contributed by atoms with E-state index < -0.39 is 0 Å². The third kappa shape index (κ3) is 12.8. The van der Waals surface area contributed by atoms with Crippen molar-refractivity contribution in [3.8, 4) is 0 Å². The van der Waals surface area contributed by atoms with Gasteiger partial charge in [-0.05, 0) is 151 Å². The van der Waals surface area contributed by atoms with E-state index in [2.05, 4.69) is 111 Å². The summed E-state index contributed by atoms with van der Waals surface area (Å²) in [6.45, 7) is 30.9. The zero-order chi connectivity index (χ0) is 39.3. The normalized spacial score (nSPS) is 23.8. The van der Waals surface area contributed by atoms with Crippen LogP contribution in [0.3, 0.4) is 0 Å². The Kier molecular flexibility index (Phi) is 17.9. The molecule has 0 aliphatic heterocycles. The van der Waals surface area contributed by atoms with E-state index in [1.807, 2.05) is 0 Å². The van der Waals surface area contributed by atoms with Crippen molar-refractivity contribution < 1.29 is 0 Å². The summed E-state index contributed by atoms with van der Waals surface area (Å²) in [6, 6.07) is 9.68. The van der Waals surface area contributed by atoms with Crippen molar-refractivity contribution in [2.75, 3.05) is 0 Å². The molecule has 300 valence electrons. The van der Waals surface area contributed by atoms with Gasteiger partial charge in [-0.15, -0.1) is 0 Å². The summed E-state index contributed by atoms with van der Waals surface area (Å²) in [5.74, 6) is 4.35. The molecule has 3 aliphatic rings. The first-order valence-electron chi connectivity index (χ1n) is 23.1. The fraction of sp³-hybridized carbons (Fsp3) is 0.667. The molecule has 1 aromatic rings. The smallest absolute Gasteiger partial charge is 0.00228 e. The van der Waals surface area contributed by atoms with Gasteiger partial charge >= 0.3 is 0 Å². The van der Waals surface area contributed by atoms with Crippen LogP contribution in [0.2, 0.25) is 0 Å². The van der Waals surface area contributed by atoms with Gasteiger partial charge in [-0.3, -0.25) is 0 Å². The van der Waals surface area contributed by atoms with E-state index in [4.69, 9.17) is 6.58 Å². The first-order valence-corrected chi connectivity index (χ1v) is 23.1. The number of hydrogen-bond acceptors (Lipinski definition) is 0. The van der Waals surface area contributed by atoms with Crippen molar-refractivity contribution in [2.24, 2.45) is 35.0 Å². The molecule has 4 rings (SSSR count). The minimum Gasteiger partial charge on any atom is -0.0952 e. The summed E-state index contributed by atoms with van der Waals surface area (Å²) in [4.78, 5) is 0. The molecule has 1 fully saturated rings. The third-order valence-corrected chi connectivity index (χ3v) is 14.7. The van der Waals surface area contributed by atoms with Crippen molar-refractivity contribution >= 4 is 5.57 Å². The molecule has 1 unspecified atom stereocenters. The quantitative estimate of drug-likeness (QED) is 0.117. The summed E-state index contributed by atoms with van der Waals surface area (Å²) in [5.41, 5.74) is 13.4. The zero-order valence-electron chi connectivity index (χ0n) is 37.1. The zero-order valence-corrected chi connectivity index (χ0v) is 37.1. The second-order valence-electron chi connectivity index (χ2n) is 19.4. The Hall–Kier alpha value is -2.34. The van der Waals surface area contributed by atoms with Crippen LogP contribution in [0.1, 0.15) is 208 Å². The highest BCUT2D eigenvalue weighted by Gasteiger charge is 2.31. The van der Waals surface area contributed by atoms with Crippen LogP contribution in [0.5, 0.6) is 0 Å². The molecule has 0 saturated heterocycles. The maximum Gasteiger partial charge on any atom is -0.00228 e. The van der Waals surface area contributed by atoms with E-state index in [1.165, 1.54) is 155 Å². The predicted molar refractivity (Wildman–Crippen MR) is 242 cm³/mol. The molecule has 1 aromatic carbocycles. The number of hydrogen-bond donors (Lipinski definition) is 0. The van der Waals surface area contributed by atoms with E-state index in [0.29, 0.717) is 17.3 Å². The Morgan fingerprint density at radius 3 is 2.31 bits per heavy atom. The molecule has 0 amide bonds. The molecular weight excluding hydrogens is 649 g/mol. The highest BCUT2D eigenvalue weighted by atomic mass is 14.4. The molecule has 0 nitrogen and oxygen atoms in total. The van der Waals surface area contributed by atoms with Crippen LogP contribution in [0.15, 0.2) is 89.1 Å². The van der Waals surface area contributed by atoms with Crippen LogP contribution < -0.4 is 0 Å². The summed E-state index contributed by atoms with van der Waals surface area (Å²) in [6.07, 6.45) is 33.9. The van der Waals surface area contributed by atoms with Crippen LogP contribution in [0.25, 0.3) is 5.57 Å². The topological polar surface area (TPSA) is 0 Å². The second kappa shape index (κ2) is 21.8. The summed E-state index contributed by atoms with van der Waals surface area (Å²) >= 11 is 0. The molecule has 54 heavy (non-hydrogen) atoms. The van der Waals surface area contributed by atoms with E-state index in [0.717, 1.165) is 36.5 Å². The first-order chi connectivity index (χ1) is 25.9. The van der Waals surface area contributed by atoms with Gasteiger partial charge in [-0.25, -0.2) is 0 Å². The fourth-order valence-corrected chi connectivity index (χ4v) is 10.3. The fourth-order valence-electron chi connectivity index (χ4n) is 10.3.